The molecule has 0 radical (unpaired) electrons. The van der Waals surface area contributed by atoms with Crippen LogP contribution in [0.3, 0.4) is 0 Å². The van der Waals surface area contributed by atoms with Crippen LogP contribution in [0.4, 0.5) is 5.69 Å². The van der Waals surface area contributed by atoms with Gasteiger partial charge >= 0.3 is 0 Å². The van der Waals surface area contributed by atoms with Crippen LogP contribution in [0, 0.1) is 6.92 Å². The summed E-state index contributed by atoms with van der Waals surface area (Å²) in [5.74, 6) is 1.22. The quantitative estimate of drug-likeness (QED) is 0.861. The molecule has 0 aliphatic carbocycles. The number of aryl methyl sites for hydroxylation is 2. The summed E-state index contributed by atoms with van der Waals surface area (Å²) in [5.41, 5.74) is 7.99. The zero-order chi connectivity index (χ0) is 14.7. The van der Waals surface area contributed by atoms with Crippen molar-refractivity contribution in [1.29, 1.82) is 0 Å². The molecule has 0 aliphatic heterocycles. The van der Waals surface area contributed by atoms with Crippen molar-refractivity contribution in [2.75, 3.05) is 12.8 Å². The van der Waals surface area contributed by atoms with Gasteiger partial charge in [0.25, 0.3) is 0 Å². The van der Waals surface area contributed by atoms with Crippen molar-refractivity contribution in [2.45, 2.75) is 27.0 Å². The van der Waals surface area contributed by atoms with Crippen molar-refractivity contribution in [3.8, 4) is 11.5 Å². The van der Waals surface area contributed by atoms with Crippen LogP contribution in [0.1, 0.15) is 18.3 Å². The van der Waals surface area contributed by atoms with E-state index in [1.165, 1.54) is 0 Å². The Bertz CT molecular complexity index is 611. The van der Waals surface area contributed by atoms with Gasteiger partial charge < -0.3 is 15.2 Å². The van der Waals surface area contributed by atoms with Crippen LogP contribution < -0.4 is 15.2 Å². The van der Waals surface area contributed by atoms with Crippen molar-refractivity contribution in [3.63, 3.8) is 0 Å². The molecule has 0 aliphatic rings. The zero-order valence-corrected chi connectivity index (χ0v) is 12.6. The molecule has 2 N–H and O–H groups in total. The first kappa shape index (κ1) is 14.5. The minimum absolute atomic E-state index is 0.327. The summed E-state index contributed by atoms with van der Waals surface area (Å²) in [6.07, 6.45) is 0. The molecule has 1 aromatic carbocycles. The van der Waals surface area contributed by atoms with E-state index in [4.69, 9.17) is 26.8 Å². The van der Waals surface area contributed by atoms with Crippen LogP contribution in [-0.4, -0.2) is 16.9 Å². The first-order valence-corrected chi connectivity index (χ1v) is 6.72. The van der Waals surface area contributed by atoms with E-state index in [1.54, 1.807) is 25.3 Å². The number of nitrogen functional groups attached to an aromatic ring is 1. The number of nitrogens with two attached hydrogens (primary N) is 1. The SMILES string of the molecule is CCn1nc(C)c(Cl)c1COc1ccc(N)cc1OC. The fraction of sp³-hybridized carbons (Fsp3) is 0.357. The Morgan fingerprint density at radius 3 is 2.75 bits per heavy atom. The Morgan fingerprint density at radius 2 is 2.10 bits per heavy atom. The molecule has 0 bridgehead atoms. The third-order valence-corrected chi connectivity index (χ3v) is 3.50. The number of rotatable bonds is 5. The second-order valence-corrected chi connectivity index (χ2v) is 4.74. The summed E-state index contributed by atoms with van der Waals surface area (Å²) in [4.78, 5) is 0. The fourth-order valence-electron chi connectivity index (χ4n) is 1.96. The largest absolute Gasteiger partial charge is 0.493 e. The number of methoxy groups -OCH3 is 1. The van der Waals surface area contributed by atoms with E-state index < -0.39 is 0 Å². The smallest absolute Gasteiger partial charge is 0.162 e. The lowest BCUT2D eigenvalue weighted by Gasteiger charge is -2.12. The highest BCUT2D eigenvalue weighted by molar-refractivity contribution is 6.31. The molecule has 20 heavy (non-hydrogen) atoms. The molecule has 2 rings (SSSR count). The van der Waals surface area contributed by atoms with E-state index in [2.05, 4.69) is 5.10 Å². The molecule has 0 amide bonds. The molecule has 2 aromatic rings. The number of hydrogen-bond donors (Lipinski definition) is 1. The summed E-state index contributed by atoms with van der Waals surface area (Å²) in [7, 11) is 1.58. The van der Waals surface area contributed by atoms with Crippen LogP contribution >= 0.6 is 11.6 Å². The Balaban J connectivity index is 2.21. The van der Waals surface area contributed by atoms with E-state index in [1.807, 2.05) is 18.5 Å². The van der Waals surface area contributed by atoms with Gasteiger partial charge in [0.15, 0.2) is 11.5 Å². The average Bonchev–Trinajstić information content (AvgIpc) is 2.72. The van der Waals surface area contributed by atoms with Gasteiger partial charge in [-0.25, -0.2) is 0 Å². The van der Waals surface area contributed by atoms with Crippen molar-refractivity contribution in [2.24, 2.45) is 0 Å². The minimum Gasteiger partial charge on any atom is -0.493 e. The molecule has 0 saturated heterocycles. The van der Waals surface area contributed by atoms with Crippen molar-refractivity contribution < 1.29 is 9.47 Å². The van der Waals surface area contributed by atoms with Crippen LogP contribution in [-0.2, 0) is 13.2 Å². The summed E-state index contributed by atoms with van der Waals surface area (Å²) < 4.78 is 12.9. The average molecular weight is 296 g/mol. The van der Waals surface area contributed by atoms with Gasteiger partial charge in [-0.3, -0.25) is 4.68 Å². The summed E-state index contributed by atoms with van der Waals surface area (Å²) in [6, 6.07) is 5.27. The monoisotopic (exact) mass is 295 g/mol. The Labute approximate surface area is 123 Å². The maximum absolute atomic E-state index is 6.24. The highest BCUT2D eigenvalue weighted by Crippen LogP contribution is 2.30. The molecule has 1 aromatic heterocycles. The predicted octanol–water partition coefficient (Wildman–Crippen LogP) is 3.03. The van der Waals surface area contributed by atoms with Crippen LogP contribution in [0.5, 0.6) is 11.5 Å². The zero-order valence-electron chi connectivity index (χ0n) is 11.8. The van der Waals surface area contributed by atoms with Crippen LogP contribution in [0.15, 0.2) is 18.2 Å². The Hall–Kier alpha value is -1.88. The maximum atomic E-state index is 6.24. The molecular formula is C14H18ClN3O2. The minimum atomic E-state index is 0.327. The third-order valence-electron chi connectivity index (χ3n) is 3.00. The second kappa shape index (κ2) is 6.05. The van der Waals surface area contributed by atoms with Gasteiger partial charge in [-0.2, -0.15) is 5.10 Å². The molecule has 5 nitrogen and oxygen atoms in total. The van der Waals surface area contributed by atoms with E-state index in [-0.39, 0.29) is 0 Å². The summed E-state index contributed by atoms with van der Waals surface area (Å²) in [6.45, 7) is 4.96. The Morgan fingerprint density at radius 1 is 1.35 bits per heavy atom. The lowest BCUT2D eigenvalue weighted by molar-refractivity contribution is 0.274. The van der Waals surface area contributed by atoms with E-state index >= 15 is 0 Å². The first-order chi connectivity index (χ1) is 9.56. The normalized spacial score (nSPS) is 10.6. The topological polar surface area (TPSA) is 62.3 Å². The fourth-order valence-corrected chi connectivity index (χ4v) is 2.15. The lowest BCUT2D eigenvalue weighted by Crippen LogP contribution is -2.07. The molecule has 0 unspecified atom stereocenters. The molecule has 0 atom stereocenters. The summed E-state index contributed by atoms with van der Waals surface area (Å²) in [5, 5.41) is 4.99. The molecule has 6 heteroatoms. The third kappa shape index (κ3) is 2.82. The van der Waals surface area contributed by atoms with Crippen molar-refractivity contribution in [1.82, 2.24) is 9.78 Å². The highest BCUT2D eigenvalue weighted by Gasteiger charge is 2.14. The number of nitrogens with zero attached hydrogens (tertiary/aromatic N) is 2. The molecule has 0 fully saturated rings. The van der Waals surface area contributed by atoms with Gasteiger partial charge in [0, 0.05) is 18.3 Å². The number of halogens is 1. The highest BCUT2D eigenvalue weighted by atomic mass is 35.5. The second-order valence-electron chi connectivity index (χ2n) is 4.36. The lowest BCUT2D eigenvalue weighted by atomic mass is 10.3. The maximum Gasteiger partial charge on any atom is 0.162 e. The number of hydrogen-bond acceptors (Lipinski definition) is 4. The molecule has 1 heterocycles. The van der Waals surface area contributed by atoms with E-state index in [0.717, 1.165) is 17.9 Å². The van der Waals surface area contributed by atoms with Crippen LogP contribution in [0.25, 0.3) is 0 Å². The van der Waals surface area contributed by atoms with Crippen molar-refractivity contribution >= 4 is 17.3 Å². The number of ether oxygens (including phenoxy) is 2. The van der Waals surface area contributed by atoms with Gasteiger partial charge in [-0.05, 0) is 26.0 Å². The van der Waals surface area contributed by atoms with Gasteiger partial charge in [0.2, 0.25) is 0 Å². The molecule has 108 valence electrons. The standard InChI is InChI=1S/C14H18ClN3O2/c1-4-18-11(14(15)9(2)17-18)8-20-12-6-5-10(16)7-13(12)19-3/h5-7H,4,8,16H2,1-3H3. The van der Waals surface area contributed by atoms with Gasteiger partial charge in [-0.1, -0.05) is 11.6 Å². The molecule has 0 spiro atoms. The molecule has 0 saturated carbocycles. The van der Waals surface area contributed by atoms with E-state index in [0.29, 0.717) is 28.8 Å². The van der Waals surface area contributed by atoms with E-state index in [9.17, 15) is 0 Å². The number of benzene rings is 1. The van der Waals surface area contributed by atoms with Gasteiger partial charge in [-0.15, -0.1) is 0 Å². The predicted molar refractivity (Wildman–Crippen MR) is 79.4 cm³/mol. The number of aromatic nitrogens is 2. The molecular weight excluding hydrogens is 278 g/mol. The van der Waals surface area contributed by atoms with Crippen molar-refractivity contribution in [3.05, 3.63) is 34.6 Å². The van der Waals surface area contributed by atoms with Gasteiger partial charge in [0.1, 0.15) is 6.61 Å². The number of anilines is 1. The van der Waals surface area contributed by atoms with Gasteiger partial charge in [0.05, 0.1) is 23.5 Å². The first-order valence-electron chi connectivity index (χ1n) is 6.34. The van der Waals surface area contributed by atoms with Crippen LogP contribution in [0.2, 0.25) is 5.02 Å². The Kier molecular flexibility index (Phi) is 4.39. The summed E-state index contributed by atoms with van der Waals surface area (Å²) >= 11 is 6.24.